The molecule has 0 aliphatic carbocycles. The molecule has 0 unspecified atom stereocenters. The molecule has 1 aromatic heterocycles. The van der Waals surface area contributed by atoms with E-state index < -0.39 is 15.9 Å². The smallest absolute Gasteiger partial charge is 0.244 e. The standard InChI is InChI=1S/C10H17N5O3S/c1-7(2)14-10(16)6-13-19(17,18)9-5-12-4-3-8(9)15-11/h3-5,7,13H,6,11H2,1-2H3,(H,12,15)(H,14,16). The molecular weight excluding hydrogens is 270 g/mol. The van der Waals surface area contributed by atoms with Crippen LogP contribution in [0.5, 0.6) is 0 Å². The van der Waals surface area contributed by atoms with Crippen molar-refractivity contribution in [3.05, 3.63) is 18.5 Å². The summed E-state index contributed by atoms with van der Waals surface area (Å²) in [6.07, 6.45) is 2.55. The van der Waals surface area contributed by atoms with Gasteiger partial charge in [0.05, 0.1) is 12.2 Å². The number of sulfonamides is 1. The molecule has 0 atom stereocenters. The van der Waals surface area contributed by atoms with E-state index in [9.17, 15) is 13.2 Å². The summed E-state index contributed by atoms with van der Waals surface area (Å²) in [4.78, 5) is 15.0. The molecule has 0 saturated carbocycles. The second-order valence-electron chi connectivity index (χ2n) is 4.06. The number of hydrazine groups is 1. The third-order valence-electron chi connectivity index (χ3n) is 2.10. The van der Waals surface area contributed by atoms with Crippen molar-refractivity contribution in [3.8, 4) is 0 Å². The van der Waals surface area contributed by atoms with Gasteiger partial charge in [-0.15, -0.1) is 0 Å². The normalized spacial score (nSPS) is 11.4. The summed E-state index contributed by atoms with van der Waals surface area (Å²) in [7, 11) is -3.85. The molecule has 0 fully saturated rings. The quantitative estimate of drug-likeness (QED) is 0.399. The molecule has 0 spiro atoms. The monoisotopic (exact) mass is 287 g/mol. The zero-order chi connectivity index (χ0) is 14.5. The molecule has 1 rings (SSSR count). The van der Waals surface area contributed by atoms with E-state index in [4.69, 9.17) is 5.84 Å². The fourth-order valence-corrected chi connectivity index (χ4v) is 2.42. The maximum atomic E-state index is 12.0. The molecule has 1 heterocycles. The summed E-state index contributed by atoms with van der Waals surface area (Å²) in [5.74, 6) is 4.81. The van der Waals surface area contributed by atoms with Gasteiger partial charge in [-0.3, -0.25) is 15.6 Å². The molecular formula is C10H17N5O3S. The summed E-state index contributed by atoms with van der Waals surface area (Å²) in [5.41, 5.74) is 2.46. The zero-order valence-electron chi connectivity index (χ0n) is 10.7. The zero-order valence-corrected chi connectivity index (χ0v) is 11.5. The highest BCUT2D eigenvalue weighted by Crippen LogP contribution is 2.17. The van der Waals surface area contributed by atoms with Crippen LogP contribution < -0.4 is 21.3 Å². The van der Waals surface area contributed by atoms with Gasteiger partial charge in [-0.25, -0.2) is 13.1 Å². The number of rotatable bonds is 6. The van der Waals surface area contributed by atoms with Crippen molar-refractivity contribution in [2.45, 2.75) is 24.8 Å². The molecule has 1 aromatic rings. The Bertz CT molecular complexity index is 544. The average Bonchev–Trinajstić information content (AvgIpc) is 2.36. The van der Waals surface area contributed by atoms with Crippen molar-refractivity contribution in [3.63, 3.8) is 0 Å². The number of carbonyl (C=O) groups excluding carboxylic acids is 1. The predicted molar refractivity (Wildman–Crippen MR) is 70.5 cm³/mol. The molecule has 19 heavy (non-hydrogen) atoms. The lowest BCUT2D eigenvalue weighted by molar-refractivity contribution is -0.120. The predicted octanol–water partition coefficient (Wildman–Crippen LogP) is -0.830. The molecule has 0 aliphatic rings. The number of nitrogen functional groups attached to an aromatic ring is 1. The molecule has 0 saturated heterocycles. The Hall–Kier alpha value is -1.71. The fraction of sp³-hybridized carbons (Fsp3) is 0.400. The lowest BCUT2D eigenvalue weighted by Crippen LogP contribution is -2.40. The second kappa shape index (κ2) is 6.45. The Morgan fingerprint density at radius 2 is 2.16 bits per heavy atom. The van der Waals surface area contributed by atoms with Gasteiger partial charge in [0.2, 0.25) is 15.9 Å². The van der Waals surface area contributed by atoms with Crippen LogP contribution in [0.15, 0.2) is 23.4 Å². The van der Waals surface area contributed by atoms with Crippen LogP contribution in [0.2, 0.25) is 0 Å². The van der Waals surface area contributed by atoms with Crippen molar-refractivity contribution < 1.29 is 13.2 Å². The number of nitrogens with zero attached hydrogens (tertiary/aromatic N) is 1. The number of nitrogens with two attached hydrogens (primary N) is 1. The third kappa shape index (κ3) is 4.47. The molecule has 8 nitrogen and oxygen atoms in total. The van der Waals surface area contributed by atoms with Gasteiger partial charge in [0.15, 0.2) is 0 Å². The Morgan fingerprint density at radius 3 is 2.74 bits per heavy atom. The molecule has 1 amide bonds. The van der Waals surface area contributed by atoms with Gasteiger partial charge in [0, 0.05) is 18.4 Å². The summed E-state index contributed by atoms with van der Waals surface area (Å²) in [6.45, 7) is 3.22. The van der Waals surface area contributed by atoms with Gasteiger partial charge in [0.1, 0.15) is 4.90 Å². The van der Waals surface area contributed by atoms with Crippen molar-refractivity contribution in [1.29, 1.82) is 0 Å². The van der Waals surface area contributed by atoms with E-state index >= 15 is 0 Å². The minimum absolute atomic E-state index is 0.0586. The molecule has 0 aliphatic heterocycles. The van der Waals surface area contributed by atoms with E-state index in [1.54, 1.807) is 13.8 Å². The molecule has 0 radical (unpaired) electrons. The first-order valence-electron chi connectivity index (χ1n) is 5.56. The van der Waals surface area contributed by atoms with Crippen LogP contribution in [0.4, 0.5) is 5.69 Å². The topological polar surface area (TPSA) is 126 Å². The van der Waals surface area contributed by atoms with E-state index in [2.05, 4.69) is 20.4 Å². The summed E-state index contributed by atoms with van der Waals surface area (Å²) in [6, 6.07) is 1.36. The number of anilines is 1. The number of aromatic nitrogens is 1. The van der Waals surface area contributed by atoms with Gasteiger partial charge in [0.25, 0.3) is 0 Å². The molecule has 106 valence electrons. The average molecular weight is 287 g/mol. The minimum Gasteiger partial charge on any atom is -0.353 e. The Kier molecular flexibility index (Phi) is 5.21. The van der Waals surface area contributed by atoms with Gasteiger partial charge >= 0.3 is 0 Å². The first-order valence-corrected chi connectivity index (χ1v) is 7.05. The number of nitrogens with one attached hydrogen (secondary N) is 3. The fourth-order valence-electron chi connectivity index (χ4n) is 1.32. The van der Waals surface area contributed by atoms with Crippen LogP contribution in [0.25, 0.3) is 0 Å². The van der Waals surface area contributed by atoms with Crippen LogP contribution in [0.1, 0.15) is 13.8 Å². The Labute approximate surface area is 111 Å². The van der Waals surface area contributed by atoms with E-state index in [1.807, 2.05) is 0 Å². The summed E-state index contributed by atoms with van der Waals surface area (Å²) < 4.78 is 26.1. The van der Waals surface area contributed by atoms with E-state index in [-0.39, 0.29) is 23.2 Å². The second-order valence-corrected chi connectivity index (χ2v) is 5.80. The highest BCUT2D eigenvalue weighted by Gasteiger charge is 2.19. The van der Waals surface area contributed by atoms with Crippen molar-refractivity contribution in [2.75, 3.05) is 12.0 Å². The molecule has 0 bridgehead atoms. The van der Waals surface area contributed by atoms with Gasteiger partial charge in [-0.1, -0.05) is 0 Å². The highest BCUT2D eigenvalue weighted by molar-refractivity contribution is 7.89. The van der Waals surface area contributed by atoms with E-state index in [0.29, 0.717) is 0 Å². The first kappa shape index (κ1) is 15.3. The summed E-state index contributed by atoms with van der Waals surface area (Å²) >= 11 is 0. The van der Waals surface area contributed by atoms with Gasteiger partial charge in [-0.2, -0.15) is 0 Å². The lowest BCUT2D eigenvalue weighted by Gasteiger charge is -2.11. The highest BCUT2D eigenvalue weighted by atomic mass is 32.2. The number of pyridine rings is 1. The largest absolute Gasteiger partial charge is 0.353 e. The van der Waals surface area contributed by atoms with Crippen LogP contribution in [0.3, 0.4) is 0 Å². The molecule has 5 N–H and O–H groups in total. The molecule has 0 aromatic carbocycles. The van der Waals surface area contributed by atoms with Crippen molar-refractivity contribution in [2.24, 2.45) is 5.84 Å². The maximum absolute atomic E-state index is 12.0. The van der Waals surface area contributed by atoms with E-state index in [1.165, 1.54) is 12.3 Å². The van der Waals surface area contributed by atoms with Crippen LogP contribution in [0, 0.1) is 0 Å². The lowest BCUT2D eigenvalue weighted by atomic mass is 10.4. The number of hydrogen-bond acceptors (Lipinski definition) is 6. The Balaban J connectivity index is 2.79. The summed E-state index contributed by atoms with van der Waals surface area (Å²) in [5, 5.41) is 2.57. The number of amides is 1. The minimum atomic E-state index is -3.85. The van der Waals surface area contributed by atoms with E-state index in [0.717, 1.165) is 6.20 Å². The third-order valence-corrected chi connectivity index (χ3v) is 3.53. The van der Waals surface area contributed by atoms with Crippen molar-refractivity contribution >= 4 is 21.6 Å². The number of hydrogen-bond donors (Lipinski definition) is 4. The Morgan fingerprint density at radius 1 is 1.47 bits per heavy atom. The molecule has 9 heteroatoms. The maximum Gasteiger partial charge on any atom is 0.244 e. The van der Waals surface area contributed by atoms with Gasteiger partial charge in [-0.05, 0) is 19.9 Å². The number of carbonyl (C=O) groups is 1. The SMILES string of the molecule is CC(C)NC(=O)CNS(=O)(=O)c1cnccc1NN. The van der Waals surface area contributed by atoms with Crippen molar-refractivity contribution in [1.82, 2.24) is 15.0 Å². The van der Waals surface area contributed by atoms with Gasteiger partial charge < -0.3 is 10.7 Å². The van der Waals surface area contributed by atoms with Crippen LogP contribution in [-0.4, -0.2) is 31.9 Å². The van der Waals surface area contributed by atoms with Crippen LogP contribution in [-0.2, 0) is 14.8 Å². The first-order chi connectivity index (χ1) is 8.86. The van der Waals surface area contributed by atoms with Crippen LogP contribution >= 0.6 is 0 Å².